The van der Waals surface area contributed by atoms with E-state index in [9.17, 15) is 19.7 Å². The summed E-state index contributed by atoms with van der Waals surface area (Å²) in [4.78, 5) is 35.2. The van der Waals surface area contributed by atoms with Crippen molar-refractivity contribution in [3.63, 3.8) is 0 Å². The number of rotatable bonds is 6. The number of hydrogen-bond acceptors (Lipinski definition) is 5. The third kappa shape index (κ3) is 3.85. The van der Waals surface area contributed by atoms with E-state index in [4.69, 9.17) is 4.74 Å². The molecule has 1 atom stereocenters. The fraction of sp³-hybridized carbons (Fsp3) is 0.294. The van der Waals surface area contributed by atoms with Gasteiger partial charge in [0.25, 0.3) is 11.2 Å². The highest BCUT2D eigenvalue weighted by molar-refractivity contribution is 5.94. The van der Waals surface area contributed by atoms with Gasteiger partial charge in [-0.25, -0.2) is 0 Å². The first kappa shape index (κ1) is 18.2. The lowest BCUT2D eigenvalue weighted by atomic mass is 10.2. The van der Waals surface area contributed by atoms with Gasteiger partial charge in [0.15, 0.2) is 0 Å². The number of amides is 1. The molecule has 1 aromatic carbocycles. The molecular weight excluding hydrogens is 326 g/mol. The molecule has 1 heterocycles. The second-order valence-electron chi connectivity index (χ2n) is 5.36. The summed E-state index contributed by atoms with van der Waals surface area (Å²) in [7, 11) is 0. The van der Waals surface area contributed by atoms with Gasteiger partial charge >= 0.3 is 0 Å². The maximum Gasteiger partial charge on any atom is 0.288 e. The van der Waals surface area contributed by atoms with E-state index < -0.39 is 22.4 Å². The predicted molar refractivity (Wildman–Crippen MR) is 93.0 cm³/mol. The Balaban J connectivity index is 2.34. The first-order chi connectivity index (χ1) is 11.9. The molecule has 2 aromatic rings. The first-order valence-electron chi connectivity index (χ1n) is 7.76. The van der Waals surface area contributed by atoms with Gasteiger partial charge in [0, 0.05) is 12.1 Å². The van der Waals surface area contributed by atoms with Crippen LogP contribution in [0.2, 0.25) is 0 Å². The third-order valence-electron chi connectivity index (χ3n) is 3.76. The largest absolute Gasteiger partial charge is 0.492 e. The molecule has 8 heteroatoms. The van der Waals surface area contributed by atoms with Crippen molar-refractivity contribution in [3.05, 3.63) is 62.6 Å². The molecule has 0 saturated carbocycles. The van der Waals surface area contributed by atoms with Gasteiger partial charge in [-0.2, -0.15) is 0 Å². The number of pyridine rings is 1. The minimum absolute atomic E-state index is 0.123. The highest BCUT2D eigenvalue weighted by atomic mass is 16.6. The summed E-state index contributed by atoms with van der Waals surface area (Å²) >= 11 is 0. The molecule has 0 radical (unpaired) electrons. The first-order valence-corrected chi connectivity index (χ1v) is 7.76. The molecule has 0 fully saturated rings. The fourth-order valence-electron chi connectivity index (χ4n) is 2.52. The zero-order chi connectivity index (χ0) is 18.6. The molecule has 0 saturated heterocycles. The Bertz CT molecular complexity index is 860. The molecule has 2 rings (SSSR count). The summed E-state index contributed by atoms with van der Waals surface area (Å²) in [6.07, 6.45) is 0. The molecule has 0 spiro atoms. The second-order valence-corrected chi connectivity index (χ2v) is 5.36. The topological polar surface area (TPSA) is 103 Å². The Kier molecular flexibility index (Phi) is 5.53. The van der Waals surface area contributed by atoms with Crippen molar-refractivity contribution in [2.24, 2.45) is 0 Å². The van der Waals surface area contributed by atoms with Crippen molar-refractivity contribution in [1.29, 1.82) is 0 Å². The third-order valence-corrected chi connectivity index (χ3v) is 3.76. The summed E-state index contributed by atoms with van der Waals surface area (Å²) < 4.78 is 6.56. The number of anilines is 1. The van der Waals surface area contributed by atoms with Crippen LogP contribution in [0.4, 0.5) is 11.4 Å². The summed E-state index contributed by atoms with van der Waals surface area (Å²) in [5.74, 6) is 0.0338. The van der Waals surface area contributed by atoms with E-state index in [0.717, 1.165) is 16.7 Å². The highest BCUT2D eigenvalue weighted by Crippen LogP contribution is 2.25. The number of para-hydroxylation sites is 2. The van der Waals surface area contributed by atoms with Gasteiger partial charge in [-0.05, 0) is 32.9 Å². The number of nitrogens with zero attached hydrogens (tertiary/aromatic N) is 2. The van der Waals surface area contributed by atoms with Crippen LogP contribution in [0.15, 0.2) is 41.2 Å². The molecule has 8 nitrogen and oxygen atoms in total. The van der Waals surface area contributed by atoms with Crippen molar-refractivity contribution < 1.29 is 14.5 Å². The number of aromatic nitrogens is 1. The second kappa shape index (κ2) is 7.61. The fourth-order valence-corrected chi connectivity index (χ4v) is 2.52. The molecular formula is C17H19N3O5. The van der Waals surface area contributed by atoms with Crippen LogP contribution in [0.1, 0.15) is 25.6 Å². The van der Waals surface area contributed by atoms with Gasteiger partial charge in [-0.1, -0.05) is 12.1 Å². The van der Waals surface area contributed by atoms with Gasteiger partial charge < -0.3 is 10.1 Å². The average Bonchev–Trinajstić information content (AvgIpc) is 2.56. The van der Waals surface area contributed by atoms with Crippen molar-refractivity contribution in [2.45, 2.75) is 26.8 Å². The Hall–Kier alpha value is -3.16. The Morgan fingerprint density at radius 3 is 2.64 bits per heavy atom. The van der Waals surface area contributed by atoms with Gasteiger partial charge in [0.1, 0.15) is 11.8 Å². The van der Waals surface area contributed by atoms with Crippen LogP contribution >= 0.6 is 0 Å². The molecule has 132 valence electrons. The van der Waals surface area contributed by atoms with Crippen LogP contribution in [0.25, 0.3) is 0 Å². The summed E-state index contributed by atoms with van der Waals surface area (Å²) in [5.41, 5.74) is -0.103. The summed E-state index contributed by atoms with van der Waals surface area (Å²) in [6.45, 7) is 5.22. The van der Waals surface area contributed by atoms with Crippen LogP contribution in [0, 0.1) is 17.0 Å². The molecule has 1 aromatic heterocycles. The van der Waals surface area contributed by atoms with E-state index in [1.807, 2.05) is 6.92 Å². The average molecular weight is 345 g/mol. The minimum Gasteiger partial charge on any atom is -0.492 e. The number of carbonyl (C=O) groups is 1. The zero-order valence-electron chi connectivity index (χ0n) is 14.2. The van der Waals surface area contributed by atoms with Gasteiger partial charge in [-0.15, -0.1) is 0 Å². The molecule has 0 aliphatic heterocycles. The van der Waals surface area contributed by atoms with E-state index >= 15 is 0 Å². The molecule has 1 unspecified atom stereocenters. The van der Waals surface area contributed by atoms with E-state index in [2.05, 4.69) is 5.32 Å². The number of benzene rings is 1. The smallest absolute Gasteiger partial charge is 0.288 e. The molecule has 0 aliphatic carbocycles. The van der Waals surface area contributed by atoms with E-state index in [1.165, 1.54) is 13.8 Å². The van der Waals surface area contributed by atoms with E-state index in [-0.39, 0.29) is 11.4 Å². The predicted octanol–water partition coefficient (Wildman–Crippen LogP) is 2.66. The number of nitro groups is 1. The normalized spacial score (nSPS) is 11.6. The lowest BCUT2D eigenvalue weighted by Gasteiger charge is -2.18. The minimum atomic E-state index is -0.929. The Labute approximate surface area is 144 Å². The zero-order valence-corrected chi connectivity index (χ0v) is 14.2. The molecule has 25 heavy (non-hydrogen) atoms. The number of ether oxygens (including phenoxy) is 1. The van der Waals surface area contributed by atoms with Crippen LogP contribution < -0.4 is 15.6 Å². The van der Waals surface area contributed by atoms with Crippen LogP contribution in [0.3, 0.4) is 0 Å². The van der Waals surface area contributed by atoms with Crippen molar-refractivity contribution in [1.82, 2.24) is 4.57 Å². The van der Waals surface area contributed by atoms with Crippen molar-refractivity contribution >= 4 is 17.3 Å². The lowest BCUT2D eigenvalue weighted by Crippen LogP contribution is -2.33. The SMILES string of the molecule is CCOc1ccccc1NC(=O)C(C)n1c(C)c([N+](=O)[O-])ccc1=O. The Morgan fingerprint density at radius 2 is 2.00 bits per heavy atom. The van der Waals surface area contributed by atoms with E-state index in [0.29, 0.717) is 18.0 Å². The van der Waals surface area contributed by atoms with Gasteiger partial charge in [-0.3, -0.25) is 24.3 Å². The molecule has 1 N–H and O–H groups in total. The highest BCUT2D eigenvalue weighted by Gasteiger charge is 2.23. The van der Waals surface area contributed by atoms with Crippen molar-refractivity contribution in [3.8, 4) is 5.75 Å². The molecule has 0 aliphatic rings. The maximum atomic E-state index is 12.6. The number of hydrogen-bond donors (Lipinski definition) is 1. The van der Waals surface area contributed by atoms with Crippen LogP contribution in [0.5, 0.6) is 5.75 Å². The maximum absolute atomic E-state index is 12.6. The summed E-state index contributed by atoms with van der Waals surface area (Å²) in [5, 5.41) is 13.8. The quantitative estimate of drug-likeness (QED) is 0.640. The molecule has 1 amide bonds. The van der Waals surface area contributed by atoms with Crippen molar-refractivity contribution in [2.75, 3.05) is 11.9 Å². The van der Waals surface area contributed by atoms with Gasteiger partial charge in [0.2, 0.25) is 5.91 Å². The molecule has 0 bridgehead atoms. The number of nitrogens with one attached hydrogen (secondary N) is 1. The Morgan fingerprint density at radius 1 is 1.32 bits per heavy atom. The van der Waals surface area contributed by atoms with Gasteiger partial charge in [0.05, 0.1) is 22.9 Å². The van der Waals surface area contributed by atoms with E-state index in [1.54, 1.807) is 24.3 Å². The van der Waals surface area contributed by atoms with Crippen LogP contribution in [-0.2, 0) is 4.79 Å². The number of carbonyl (C=O) groups excluding carboxylic acids is 1. The monoisotopic (exact) mass is 345 g/mol. The summed E-state index contributed by atoms with van der Waals surface area (Å²) in [6, 6.07) is 8.22. The standard InChI is InChI=1S/C17H19N3O5/c1-4-25-15-8-6-5-7-13(15)18-17(22)12(3)19-11(2)14(20(23)24)9-10-16(19)21/h5-10,12H,4H2,1-3H3,(H,18,22). The lowest BCUT2D eigenvalue weighted by molar-refractivity contribution is -0.386. The van der Waals surface area contributed by atoms with Crippen LogP contribution in [-0.4, -0.2) is 22.0 Å².